The Morgan fingerprint density at radius 3 is 2.87 bits per heavy atom. The smallest absolute Gasteiger partial charge is 0.166 e. The van der Waals surface area contributed by atoms with Crippen molar-refractivity contribution in [3.8, 4) is 5.75 Å². The maximum atomic E-state index is 12.9. The van der Waals surface area contributed by atoms with Crippen LogP contribution in [0.4, 0.5) is 4.39 Å². The second-order valence-corrected chi connectivity index (χ2v) is 3.85. The molecule has 0 unspecified atom stereocenters. The number of rotatable bonds is 5. The molecule has 0 aliphatic rings. The average Bonchev–Trinajstić information content (AvgIpc) is 2.25. The molecule has 0 heterocycles. The van der Waals surface area contributed by atoms with Crippen LogP contribution in [-0.4, -0.2) is 18.2 Å². The summed E-state index contributed by atoms with van der Waals surface area (Å²) < 4.78 is 17.8. The van der Waals surface area contributed by atoms with Crippen molar-refractivity contribution in [1.29, 1.82) is 0 Å². The van der Waals surface area contributed by atoms with Crippen LogP contribution >= 0.6 is 15.9 Å². The van der Waals surface area contributed by atoms with Crippen molar-refractivity contribution in [1.82, 2.24) is 0 Å². The van der Waals surface area contributed by atoms with Crippen molar-refractivity contribution in [3.05, 3.63) is 29.6 Å². The molecule has 15 heavy (non-hydrogen) atoms. The Balaban J connectivity index is 2.87. The van der Waals surface area contributed by atoms with Gasteiger partial charge in [0.2, 0.25) is 0 Å². The van der Waals surface area contributed by atoms with E-state index in [2.05, 4.69) is 15.9 Å². The summed E-state index contributed by atoms with van der Waals surface area (Å²) in [5, 5.41) is 0.780. The van der Waals surface area contributed by atoms with Crippen LogP contribution in [-0.2, 0) is 0 Å². The van der Waals surface area contributed by atoms with E-state index in [4.69, 9.17) is 4.74 Å². The Hall–Kier alpha value is -0.900. The Bertz CT molecular complexity index is 352. The molecule has 1 aromatic rings. The molecule has 0 aliphatic heterocycles. The van der Waals surface area contributed by atoms with Crippen molar-refractivity contribution in [2.75, 3.05) is 12.4 Å². The summed E-state index contributed by atoms with van der Waals surface area (Å²) >= 11 is 3.25. The van der Waals surface area contributed by atoms with E-state index >= 15 is 0 Å². The Kier molecular flexibility index (Phi) is 4.75. The van der Waals surface area contributed by atoms with E-state index in [1.165, 1.54) is 25.3 Å². The van der Waals surface area contributed by atoms with Gasteiger partial charge in [-0.3, -0.25) is 4.79 Å². The van der Waals surface area contributed by atoms with Crippen LogP contribution < -0.4 is 4.74 Å². The second-order valence-electron chi connectivity index (χ2n) is 3.06. The van der Waals surface area contributed by atoms with Crippen LogP contribution in [0, 0.1) is 5.82 Å². The first kappa shape index (κ1) is 12.2. The summed E-state index contributed by atoms with van der Waals surface area (Å²) in [6, 6.07) is 3.95. The number of ether oxygens (including phenoxy) is 1. The fraction of sp³-hybridized carbons (Fsp3) is 0.364. The molecule has 0 saturated carbocycles. The number of halogens is 2. The van der Waals surface area contributed by atoms with Gasteiger partial charge in [-0.05, 0) is 18.6 Å². The molecular formula is C11H12BrFO2. The second kappa shape index (κ2) is 5.85. The first-order valence-electron chi connectivity index (χ1n) is 4.61. The summed E-state index contributed by atoms with van der Waals surface area (Å²) in [5.74, 6) is -0.121. The minimum absolute atomic E-state index is 0.0219. The van der Waals surface area contributed by atoms with E-state index in [-0.39, 0.29) is 5.78 Å². The van der Waals surface area contributed by atoms with Crippen LogP contribution in [0.1, 0.15) is 23.2 Å². The van der Waals surface area contributed by atoms with E-state index < -0.39 is 5.82 Å². The maximum Gasteiger partial charge on any atom is 0.166 e. The van der Waals surface area contributed by atoms with Gasteiger partial charge in [0.1, 0.15) is 11.6 Å². The molecule has 0 radical (unpaired) electrons. The number of hydrogen-bond donors (Lipinski definition) is 0. The summed E-state index contributed by atoms with van der Waals surface area (Å²) in [6.45, 7) is 0. The predicted octanol–water partition coefficient (Wildman–Crippen LogP) is 3.19. The third kappa shape index (κ3) is 3.30. The SMILES string of the molecule is COc1cc(F)ccc1C(=O)CCCBr. The summed E-state index contributed by atoms with van der Waals surface area (Å²) in [4.78, 5) is 11.7. The third-order valence-electron chi connectivity index (χ3n) is 2.00. The number of ketones is 1. The fourth-order valence-corrected chi connectivity index (χ4v) is 1.54. The molecule has 2 nitrogen and oxygen atoms in total. The Morgan fingerprint density at radius 2 is 2.27 bits per heavy atom. The number of methoxy groups -OCH3 is 1. The van der Waals surface area contributed by atoms with E-state index in [9.17, 15) is 9.18 Å². The van der Waals surface area contributed by atoms with Crippen LogP contribution in [0.25, 0.3) is 0 Å². The summed E-state index contributed by atoms with van der Waals surface area (Å²) in [6.07, 6.45) is 1.20. The fourth-order valence-electron chi connectivity index (χ4n) is 1.26. The molecule has 0 aromatic heterocycles. The van der Waals surface area contributed by atoms with Gasteiger partial charge in [0.05, 0.1) is 12.7 Å². The maximum absolute atomic E-state index is 12.9. The van der Waals surface area contributed by atoms with Crippen molar-refractivity contribution in [3.63, 3.8) is 0 Å². The molecule has 1 aromatic carbocycles. The standard InChI is InChI=1S/C11H12BrFO2/c1-15-11-7-8(13)4-5-9(11)10(14)3-2-6-12/h4-5,7H,2-3,6H2,1H3. The lowest BCUT2D eigenvalue weighted by molar-refractivity contribution is 0.0979. The molecule has 0 N–H and O–H groups in total. The Morgan fingerprint density at radius 1 is 1.53 bits per heavy atom. The quantitative estimate of drug-likeness (QED) is 0.609. The summed E-state index contributed by atoms with van der Waals surface area (Å²) in [7, 11) is 1.43. The van der Waals surface area contributed by atoms with Gasteiger partial charge >= 0.3 is 0 Å². The molecular weight excluding hydrogens is 263 g/mol. The highest BCUT2D eigenvalue weighted by molar-refractivity contribution is 9.09. The topological polar surface area (TPSA) is 26.3 Å². The molecule has 0 bridgehead atoms. The van der Waals surface area contributed by atoms with Crippen molar-refractivity contribution >= 4 is 21.7 Å². The number of hydrogen-bond acceptors (Lipinski definition) is 2. The van der Waals surface area contributed by atoms with Gasteiger partial charge in [-0.2, -0.15) is 0 Å². The number of benzene rings is 1. The van der Waals surface area contributed by atoms with Crippen LogP contribution in [0.3, 0.4) is 0 Å². The molecule has 0 amide bonds. The van der Waals surface area contributed by atoms with Crippen LogP contribution in [0.15, 0.2) is 18.2 Å². The number of alkyl halides is 1. The van der Waals surface area contributed by atoms with E-state index in [0.717, 1.165) is 11.8 Å². The molecule has 4 heteroatoms. The molecule has 0 spiro atoms. The molecule has 82 valence electrons. The largest absolute Gasteiger partial charge is 0.496 e. The highest BCUT2D eigenvalue weighted by Crippen LogP contribution is 2.21. The lowest BCUT2D eigenvalue weighted by Crippen LogP contribution is -2.02. The van der Waals surface area contributed by atoms with Gasteiger partial charge in [0.15, 0.2) is 5.78 Å². The lowest BCUT2D eigenvalue weighted by atomic mass is 10.1. The van der Waals surface area contributed by atoms with Gasteiger partial charge in [0.25, 0.3) is 0 Å². The minimum Gasteiger partial charge on any atom is -0.496 e. The van der Waals surface area contributed by atoms with Gasteiger partial charge in [-0.1, -0.05) is 15.9 Å². The minimum atomic E-state index is -0.399. The molecule has 0 atom stereocenters. The van der Waals surface area contributed by atoms with Crippen molar-refractivity contribution in [2.24, 2.45) is 0 Å². The van der Waals surface area contributed by atoms with Crippen molar-refractivity contribution in [2.45, 2.75) is 12.8 Å². The van der Waals surface area contributed by atoms with E-state index in [1.807, 2.05) is 0 Å². The lowest BCUT2D eigenvalue weighted by Gasteiger charge is -2.06. The monoisotopic (exact) mass is 274 g/mol. The predicted molar refractivity (Wildman–Crippen MR) is 60.3 cm³/mol. The summed E-state index contributed by atoms with van der Waals surface area (Å²) in [5.41, 5.74) is 0.444. The highest BCUT2D eigenvalue weighted by Gasteiger charge is 2.12. The zero-order valence-corrected chi connectivity index (χ0v) is 10.0. The molecule has 0 fully saturated rings. The van der Waals surface area contributed by atoms with Gasteiger partial charge in [0, 0.05) is 17.8 Å². The van der Waals surface area contributed by atoms with E-state index in [0.29, 0.717) is 17.7 Å². The highest BCUT2D eigenvalue weighted by atomic mass is 79.9. The first-order chi connectivity index (χ1) is 7.19. The zero-order valence-electron chi connectivity index (χ0n) is 8.43. The third-order valence-corrected chi connectivity index (χ3v) is 2.56. The number of carbonyl (C=O) groups excluding carboxylic acids is 1. The molecule has 1 rings (SSSR count). The number of carbonyl (C=O) groups is 1. The number of Topliss-reactive ketones (excluding diaryl/α,β-unsaturated/α-hetero) is 1. The van der Waals surface area contributed by atoms with Gasteiger partial charge in [-0.25, -0.2) is 4.39 Å². The molecule has 0 saturated heterocycles. The zero-order chi connectivity index (χ0) is 11.3. The van der Waals surface area contributed by atoms with Gasteiger partial charge < -0.3 is 4.74 Å². The molecule has 0 aliphatic carbocycles. The van der Waals surface area contributed by atoms with Crippen LogP contribution in [0.5, 0.6) is 5.75 Å². The van der Waals surface area contributed by atoms with Crippen molar-refractivity contribution < 1.29 is 13.9 Å². The average molecular weight is 275 g/mol. The van der Waals surface area contributed by atoms with Crippen LogP contribution in [0.2, 0.25) is 0 Å². The Labute approximate surface area is 96.6 Å². The van der Waals surface area contributed by atoms with E-state index in [1.54, 1.807) is 0 Å². The van der Waals surface area contributed by atoms with Gasteiger partial charge in [-0.15, -0.1) is 0 Å². The first-order valence-corrected chi connectivity index (χ1v) is 5.74. The normalized spacial score (nSPS) is 10.1.